The zero-order valence-corrected chi connectivity index (χ0v) is 12.3. The molecule has 0 amide bonds. The number of ether oxygens (including phenoxy) is 1. The fourth-order valence-electron chi connectivity index (χ4n) is 1.52. The molecule has 0 N–H and O–H groups in total. The molecule has 0 heterocycles. The van der Waals surface area contributed by atoms with E-state index in [2.05, 4.69) is 0 Å². The van der Waals surface area contributed by atoms with Crippen molar-refractivity contribution in [3.05, 3.63) is 66.0 Å². The largest absolute Gasteiger partial charge is 0.449 e. The van der Waals surface area contributed by atoms with Gasteiger partial charge in [0.15, 0.2) is 0 Å². The van der Waals surface area contributed by atoms with Crippen LogP contribution in [0.15, 0.2) is 36.4 Å². The Labute approximate surface area is 130 Å². The van der Waals surface area contributed by atoms with Crippen LogP contribution in [0.4, 0.5) is 15.8 Å². The molecule has 0 radical (unpaired) electrons. The first kappa shape index (κ1) is 15.1. The van der Waals surface area contributed by atoms with Gasteiger partial charge in [0.05, 0.1) is 25.5 Å². The van der Waals surface area contributed by atoms with E-state index in [-0.39, 0.29) is 17.2 Å². The third kappa shape index (κ3) is 3.42. The molecule has 0 saturated heterocycles. The van der Waals surface area contributed by atoms with Gasteiger partial charge in [-0.05, 0) is 40.8 Å². The van der Waals surface area contributed by atoms with Crippen molar-refractivity contribution in [1.29, 1.82) is 0 Å². The van der Waals surface area contributed by atoms with Gasteiger partial charge in [0, 0.05) is 6.07 Å². The Morgan fingerprint density at radius 2 is 1.71 bits per heavy atom. The molecule has 9 heteroatoms. The van der Waals surface area contributed by atoms with Crippen LogP contribution >= 0.6 is 22.6 Å². The molecule has 0 aromatic heterocycles. The number of benzene rings is 2. The molecule has 0 aliphatic carbocycles. The molecule has 0 bridgehead atoms. The lowest BCUT2D eigenvalue weighted by Gasteiger charge is -2.08. The summed E-state index contributed by atoms with van der Waals surface area (Å²) in [4.78, 5) is 20.2. The maximum atomic E-state index is 13.0. The highest BCUT2D eigenvalue weighted by molar-refractivity contribution is 14.1. The molecule has 0 unspecified atom stereocenters. The van der Waals surface area contributed by atoms with Crippen molar-refractivity contribution in [2.24, 2.45) is 0 Å². The topological polar surface area (TPSA) is 95.5 Å². The summed E-state index contributed by atoms with van der Waals surface area (Å²) in [5.41, 5.74) is -0.771. The van der Waals surface area contributed by atoms with Crippen molar-refractivity contribution in [3.8, 4) is 11.5 Å². The van der Waals surface area contributed by atoms with E-state index in [4.69, 9.17) is 4.74 Å². The summed E-state index contributed by atoms with van der Waals surface area (Å²) in [6.07, 6.45) is 0. The molecule has 0 aliphatic rings. The zero-order valence-electron chi connectivity index (χ0n) is 10.2. The van der Waals surface area contributed by atoms with Gasteiger partial charge in [-0.2, -0.15) is 0 Å². The van der Waals surface area contributed by atoms with E-state index in [0.717, 1.165) is 24.3 Å². The predicted molar refractivity (Wildman–Crippen MR) is 78.9 cm³/mol. The van der Waals surface area contributed by atoms with Crippen LogP contribution in [-0.2, 0) is 0 Å². The van der Waals surface area contributed by atoms with Gasteiger partial charge in [0.25, 0.3) is 5.69 Å². The number of nitro groups is 2. The Bertz CT molecular complexity index is 738. The summed E-state index contributed by atoms with van der Waals surface area (Å²) in [6, 6.07) is 6.71. The molecule has 0 atom stereocenters. The normalized spacial score (nSPS) is 10.2. The monoisotopic (exact) mass is 404 g/mol. The first-order chi connectivity index (χ1) is 9.88. The van der Waals surface area contributed by atoms with Gasteiger partial charge in [-0.15, -0.1) is 0 Å². The molecule has 2 aromatic rings. The molecule has 0 saturated carbocycles. The highest BCUT2D eigenvalue weighted by Crippen LogP contribution is 2.35. The number of hydrogen-bond donors (Lipinski definition) is 0. The van der Waals surface area contributed by atoms with Crippen molar-refractivity contribution < 1.29 is 19.0 Å². The van der Waals surface area contributed by atoms with Crippen LogP contribution in [0.1, 0.15) is 0 Å². The second kappa shape index (κ2) is 5.99. The lowest BCUT2D eigenvalue weighted by Crippen LogP contribution is -1.96. The fourth-order valence-corrected chi connectivity index (χ4v) is 1.97. The molecule has 0 fully saturated rings. The molecule has 2 aromatic carbocycles. The molecular formula is C12H6FIN2O5. The zero-order chi connectivity index (χ0) is 15.6. The molecule has 7 nitrogen and oxygen atoms in total. The number of nitrogens with zero attached hydrogens (tertiary/aromatic N) is 2. The van der Waals surface area contributed by atoms with Gasteiger partial charge in [-0.3, -0.25) is 20.2 Å². The minimum atomic E-state index is -0.789. The molecular weight excluding hydrogens is 398 g/mol. The predicted octanol–water partition coefficient (Wildman–Crippen LogP) is 4.04. The van der Waals surface area contributed by atoms with E-state index in [9.17, 15) is 24.6 Å². The van der Waals surface area contributed by atoms with Crippen LogP contribution in [0.5, 0.6) is 11.5 Å². The lowest BCUT2D eigenvalue weighted by molar-refractivity contribution is -0.386. The smallest absolute Gasteiger partial charge is 0.314 e. The average molecular weight is 404 g/mol. The lowest BCUT2D eigenvalue weighted by atomic mass is 10.2. The minimum absolute atomic E-state index is 0.0829. The SMILES string of the molecule is O=[N+]([O-])c1ccc(I)c(Oc2ccc(F)cc2[N+](=O)[O-])c1. The quantitative estimate of drug-likeness (QED) is 0.436. The first-order valence-corrected chi connectivity index (χ1v) is 6.52. The van der Waals surface area contributed by atoms with E-state index < -0.39 is 21.4 Å². The standard InChI is InChI=1S/C12H6FIN2O5/c13-7-1-4-11(10(5-7)16(19)20)21-12-6-8(15(17)18)2-3-9(12)14/h1-6H. The number of rotatable bonds is 4. The van der Waals surface area contributed by atoms with Crippen molar-refractivity contribution in [3.63, 3.8) is 0 Å². The highest BCUT2D eigenvalue weighted by atomic mass is 127. The van der Waals surface area contributed by atoms with Crippen LogP contribution in [0.25, 0.3) is 0 Å². The van der Waals surface area contributed by atoms with E-state index in [1.165, 1.54) is 12.1 Å². The number of nitro benzene ring substituents is 2. The molecule has 0 aliphatic heterocycles. The summed E-state index contributed by atoms with van der Waals surface area (Å²) in [6.45, 7) is 0. The Morgan fingerprint density at radius 3 is 2.33 bits per heavy atom. The molecule has 0 spiro atoms. The summed E-state index contributed by atoms with van der Waals surface area (Å²) in [5, 5.41) is 21.6. The van der Waals surface area contributed by atoms with Crippen molar-refractivity contribution in [1.82, 2.24) is 0 Å². The maximum absolute atomic E-state index is 13.0. The minimum Gasteiger partial charge on any atom is -0.449 e. The summed E-state index contributed by atoms with van der Waals surface area (Å²) >= 11 is 1.87. The second-order valence-corrected chi connectivity index (χ2v) is 5.01. The number of non-ortho nitro benzene ring substituents is 1. The summed E-state index contributed by atoms with van der Waals surface area (Å²) in [5.74, 6) is -0.887. The Hall–Kier alpha value is -2.30. The first-order valence-electron chi connectivity index (χ1n) is 5.44. The Morgan fingerprint density at radius 1 is 1.00 bits per heavy atom. The number of halogens is 2. The van der Waals surface area contributed by atoms with E-state index in [1.807, 2.05) is 22.6 Å². The van der Waals surface area contributed by atoms with E-state index in [0.29, 0.717) is 3.57 Å². The molecule has 108 valence electrons. The van der Waals surface area contributed by atoms with Gasteiger partial charge >= 0.3 is 5.69 Å². The van der Waals surface area contributed by atoms with Gasteiger partial charge in [0.1, 0.15) is 11.6 Å². The highest BCUT2D eigenvalue weighted by Gasteiger charge is 2.19. The summed E-state index contributed by atoms with van der Waals surface area (Å²) in [7, 11) is 0. The van der Waals surface area contributed by atoms with E-state index in [1.54, 1.807) is 0 Å². The van der Waals surface area contributed by atoms with Gasteiger partial charge < -0.3 is 4.74 Å². The number of hydrogen-bond acceptors (Lipinski definition) is 5. The van der Waals surface area contributed by atoms with Crippen LogP contribution in [0.2, 0.25) is 0 Å². The van der Waals surface area contributed by atoms with Crippen LogP contribution in [0, 0.1) is 29.6 Å². The summed E-state index contributed by atoms with van der Waals surface area (Å²) < 4.78 is 18.9. The second-order valence-electron chi connectivity index (χ2n) is 3.84. The van der Waals surface area contributed by atoms with Crippen LogP contribution in [-0.4, -0.2) is 9.85 Å². The Balaban J connectivity index is 2.45. The third-order valence-corrected chi connectivity index (χ3v) is 3.35. The van der Waals surface area contributed by atoms with E-state index >= 15 is 0 Å². The maximum Gasteiger partial charge on any atom is 0.314 e. The molecule has 21 heavy (non-hydrogen) atoms. The van der Waals surface area contributed by atoms with Crippen LogP contribution in [0.3, 0.4) is 0 Å². The van der Waals surface area contributed by atoms with Crippen LogP contribution < -0.4 is 4.74 Å². The van der Waals surface area contributed by atoms with Crippen molar-refractivity contribution in [2.75, 3.05) is 0 Å². The Kier molecular flexibility index (Phi) is 4.31. The van der Waals surface area contributed by atoms with Gasteiger partial charge in [0.2, 0.25) is 5.75 Å². The average Bonchev–Trinajstić information content (AvgIpc) is 2.42. The van der Waals surface area contributed by atoms with Crippen molar-refractivity contribution in [2.45, 2.75) is 0 Å². The third-order valence-electron chi connectivity index (χ3n) is 2.46. The fraction of sp³-hybridized carbons (Fsp3) is 0. The van der Waals surface area contributed by atoms with Crippen molar-refractivity contribution >= 4 is 34.0 Å². The molecule has 2 rings (SSSR count). The van der Waals surface area contributed by atoms with Gasteiger partial charge in [-0.25, -0.2) is 4.39 Å². The van der Waals surface area contributed by atoms with Gasteiger partial charge in [-0.1, -0.05) is 0 Å².